The van der Waals surface area contributed by atoms with Gasteiger partial charge >= 0.3 is 6.18 Å². The molecule has 3 aromatic rings. The number of amides is 1. The van der Waals surface area contributed by atoms with Crippen LogP contribution in [-0.2, 0) is 17.5 Å². The zero-order chi connectivity index (χ0) is 28.3. The number of hydrazone groups is 1. The summed E-state index contributed by atoms with van der Waals surface area (Å²) in [5.41, 5.74) is 2.71. The third-order valence-electron chi connectivity index (χ3n) is 7.79. The number of alkyl halides is 3. The Hall–Kier alpha value is -4.48. The second-order valence-corrected chi connectivity index (χ2v) is 10.4. The Morgan fingerprint density at radius 2 is 1.71 bits per heavy atom. The lowest BCUT2D eigenvalue weighted by Gasteiger charge is -2.29. The van der Waals surface area contributed by atoms with E-state index in [4.69, 9.17) is 24.0 Å². The smallest absolute Gasteiger partial charge is 0.435 e. The SMILES string of the molecule is Cc1cc(C(F)(F)F)nn1CC(=O)N1N=C2/C(=C/c3ccc4c(c3)OCO4)CCC[C@@H]2[C@H]1c1ccc2c(c1)OCO2. The molecule has 0 N–H and O–H groups in total. The van der Waals surface area contributed by atoms with Crippen LogP contribution in [0, 0.1) is 12.8 Å². The van der Waals surface area contributed by atoms with Crippen LogP contribution in [0.2, 0.25) is 0 Å². The van der Waals surface area contributed by atoms with Gasteiger partial charge in [0.05, 0.1) is 11.8 Å². The number of fused-ring (bicyclic) bond motifs is 3. The Morgan fingerprint density at radius 3 is 2.44 bits per heavy atom. The molecule has 2 aromatic carbocycles. The van der Waals surface area contributed by atoms with Crippen LogP contribution >= 0.6 is 0 Å². The van der Waals surface area contributed by atoms with E-state index in [2.05, 4.69) is 5.10 Å². The lowest BCUT2D eigenvalue weighted by molar-refractivity contribution is -0.142. The summed E-state index contributed by atoms with van der Waals surface area (Å²) in [5, 5.41) is 9.89. The van der Waals surface area contributed by atoms with E-state index in [-0.39, 0.29) is 31.7 Å². The molecule has 3 aliphatic heterocycles. The largest absolute Gasteiger partial charge is 0.454 e. The van der Waals surface area contributed by atoms with Crippen LogP contribution in [0.1, 0.15) is 47.8 Å². The third-order valence-corrected chi connectivity index (χ3v) is 7.79. The molecule has 0 spiro atoms. The van der Waals surface area contributed by atoms with E-state index < -0.39 is 23.8 Å². The van der Waals surface area contributed by atoms with Gasteiger partial charge in [-0.1, -0.05) is 12.1 Å². The zero-order valence-electron chi connectivity index (χ0n) is 22.0. The van der Waals surface area contributed by atoms with Crippen LogP contribution in [0.25, 0.3) is 6.08 Å². The molecule has 0 radical (unpaired) electrons. The van der Waals surface area contributed by atoms with E-state index in [0.29, 0.717) is 23.0 Å². The van der Waals surface area contributed by atoms with Gasteiger partial charge in [-0.05, 0) is 79.3 Å². The van der Waals surface area contributed by atoms with Gasteiger partial charge in [-0.3, -0.25) is 9.48 Å². The highest BCUT2D eigenvalue weighted by Gasteiger charge is 2.44. The van der Waals surface area contributed by atoms with Crippen LogP contribution in [0.3, 0.4) is 0 Å². The lowest BCUT2D eigenvalue weighted by atomic mass is 9.77. The van der Waals surface area contributed by atoms with Crippen LogP contribution in [0.5, 0.6) is 23.0 Å². The molecule has 1 fully saturated rings. The molecule has 1 saturated carbocycles. The summed E-state index contributed by atoms with van der Waals surface area (Å²) in [6, 6.07) is 11.7. The number of halogens is 3. The first kappa shape index (κ1) is 25.5. The van der Waals surface area contributed by atoms with Crippen molar-refractivity contribution in [3.05, 3.63) is 70.6 Å². The first-order valence-corrected chi connectivity index (χ1v) is 13.3. The number of nitrogens with zero attached hydrogens (tertiary/aromatic N) is 4. The fourth-order valence-electron chi connectivity index (χ4n) is 5.85. The molecular formula is C29H25F3N4O5. The fourth-order valence-corrected chi connectivity index (χ4v) is 5.85. The molecule has 2 atom stereocenters. The molecular weight excluding hydrogens is 541 g/mol. The van der Waals surface area contributed by atoms with Crippen molar-refractivity contribution in [1.82, 2.24) is 14.8 Å². The van der Waals surface area contributed by atoms with E-state index in [1.807, 2.05) is 36.4 Å². The number of hydrogen-bond donors (Lipinski definition) is 0. The van der Waals surface area contributed by atoms with Gasteiger partial charge in [0.25, 0.3) is 5.91 Å². The number of rotatable bonds is 4. The second-order valence-electron chi connectivity index (χ2n) is 10.4. The van der Waals surface area contributed by atoms with E-state index in [1.54, 1.807) is 6.07 Å². The zero-order valence-corrected chi connectivity index (χ0v) is 22.0. The topological polar surface area (TPSA) is 87.4 Å². The first-order chi connectivity index (χ1) is 19.7. The van der Waals surface area contributed by atoms with Gasteiger partial charge in [0, 0.05) is 11.6 Å². The molecule has 7 rings (SSSR count). The second kappa shape index (κ2) is 9.57. The standard InChI is InChI=1S/C29H25F3N4O5/c1-16-9-25(29(30,31)32)33-35(16)13-26(37)36-28(19-6-8-22-24(12-19)41-15-39-22)20-4-2-3-18(27(20)34-36)10-17-5-7-21-23(11-17)40-14-38-21/h5-12,20,28H,2-4,13-15H2,1H3/b18-10+/t20-,28+/m0/s1. The maximum atomic E-state index is 13.8. The van der Waals surface area contributed by atoms with Crippen molar-refractivity contribution in [3.8, 4) is 23.0 Å². The summed E-state index contributed by atoms with van der Waals surface area (Å²) in [6.45, 7) is 1.40. The average molecular weight is 567 g/mol. The molecule has 1 amide bonds. The average Bonchev–Trinajstić information content (AvgIpc) is 3.73. The molecule has 1 aliphatic carbocycles. The van der Waals surface area contributed by atoms with Gasteiger partial charge in [0.2, 0.25) is 13.6 Å². The third kappa shape index (κ3) is 4.56. The predicted molar refractivity (Wildman–Crippen MR) is 139 cm³/mol. The summed E-state index contributed by atoms with van der Waals surface area (Å²) >= 11 is 0. The highest BCUT2D eigenvalue weighted by Crippen LogP contribution is 2.47. The normalized spacial score (nSPS) is 21.8. The van der Waals surface area contributed by atoms with E-state index >= 15 is 0 Å². The lowest BCUT2D eigenvalue weighted by Crippen LogP contribution is -2.34. The van der Waals surface area contributed by atoms with Crippen molar-refractivity contribution < 1.29 is 36.9 Å². The van der Waals surface area contributed by atoms with Gasteiger partial charge in [-0.15, -0.1) is 0 Å². The predicted octanol–water partition coefficient (Wildman–Crippen LogP) is 5.49. The van der Waals surface area contributed by atoms with Gasteiger partial charge in [0.1, 0.15) is 6.54 Å². The van der Waals surface area contributed by atoms with Crippen molar-refractivity contribution >= 4 is 17.7 Å². The van der Waals surface area contributed by atoms with Crippen LogP contribution in [0.4, 0.5) is 13.2 Å². The van der Waals surface area contributed by atoms with E-state index in [0.717, 1.165) is 52.4 Å². The number of carbonyl (C=O) groups is 1. The Balaban J connectivity index is 1.25. The molecule has 0 bridgehead atoms. The number of hydrogen-bond acceptors (Lipinski definition) is 7. The molecule has 41 heavy (non-hydrogen) atoms. The summed E-state index contributed by atoms with van der Waals surface area (Å²) < 4.78 is 62.9. The minimum atomic E-state index is -4.61. The van der Waals surface area contributed by atoms with Gasteiger partial charge in [-0.2, -0.15) is 23.4 Å². The Labute approximate surface area is 232 Å². The maximum Gasteiger partial charge on any atom is 0.435 e. The molecule has 212 valence electrons. The summed E-state index contributed by atoms with van der Waals surface area (Å²) in [5.74, 6) is 1.98. The van der Waals surface area contributed by atoms with Crippen molar-refractivity contribution in [2.45, 2.75) is 44.9 Å². The van der Waals surface area contributed by atoms with E-state index in [9.17, 15) is 18.0 Å². The minimum Gasteiger partial charge on any atom is -0.454 e. The molecule has 0 unspecified atom stereocenters. The monoisotopic (exact) mass is 566 g/mol. The number of carbonyl (C=O) groups excluding carboxylic acids is 1. The molecule has 12 heteroatoms. The van der Waals surface area contributed by atoms with Crippen molar-refractivity contribution in [2.75, 3.05) is 13.6 Å². The maximum absolute atomic E-state index is 13.8. The number of ether oxygens (including phenoxy) is 4. The highest BCUT2D eigenvalue weighted by molar-refractivity contribution is 6.08. The summed E-state index contributed by atoms with van der Waals surface area (Å²) in [7, 11) is 0. The van der Waals surface area contributed by atoms with Gasteiger partial charge in [0.15, 0.2) is 28.7 Å². The van der Waals surface area contributed by atoms with Crippen LogP contribution < -0.4 is 18.9 Å². The van der Waals surface area contributed by atoms with Crippen LogP contribution in [-0.4, -0.2) is 40.0 Å². The molecule has 1 aromatic heterocycles. The Bertz CT molecular complexity index is 1610. The van der Waals surface area contributed by atoms with Crippen molar-refractivity contribution in [1.29, 1.82) is 0 Å². The number of benzene rings is 2. The summed E-state index contributed by atoms with van der Waals surface area (Å²) in [4.78, 5) is 13.8. The molecule has 9 nitrogen and oxygen atoms in total. The number of allylic oxidation sites excluding steroid dienone is 1. The van der Waals surface area contributed by atoms with Gasteiger partial charge in [-0.25, -0.2) is 5.01 Å². The molecule has 0 saturated heterocycles. The van der Waals surface area contributed by atoms with E-state index in [1.165, 1.54) is 11.9 Å². The minimum absolute atomic E-state index is 0.111. The Kier molecular flexibility index (Phi) is 5.95. The summed E-state index contributed by atoms with van der Waals surface area (Å²) in [6.07, 6.45) is -0.112. The molecule has 4 heterocycles. The van der Waals surface area contributed by atoms with Gasteiger partial charge < -0.3 is 18.9 Å². The molecule has 4 aliphatic rings. The Morgan fingerprint density at radius 1 is 1.00 bits per heavy atom. The fraction of sp³-hybridized carbons (Fsp3) is 0.345. The number of aromatic nitrogens is 2. The quantitative estimate of drug-likeness (QED) is 0.415. The first-order valence-electron chi connectivity index (χ1n) is 13.3. The van der Waals surface area contributed by atoms with Crippen molar-refractivity contribution in [3.63, 3.8) is 0 Å². The number of aryl methyl sites for hydroxylation is 1. The highest BCUT2D eigenvalue weighted by atomic mass is 19.4. The van der Waals surface area contributed by atoms with Crippen molar-refractivity contribution in [2.24, 2.45) is 11.0 Å². The van der Waals surface area contributed by atoms with Crippen LogP contribution in [0.15, 0.2) is 53.1 Å².